The molecule has 0 unspecified atom stereocenters. The van der Waals surface area contributed by atoms with Crippen LogP contribution in [0.15, 0.2) is 0 Å². The summed E-state index contributed by atoms with van der Waals surface area (Å²) in [6, 6.07) is 0. The van der Waals surface area contributed by atoms with Crippen molar-refractivity contribution in [2.24, 2.45) is 0 Å². The van der Waals surface area contributed by atoms with E-state index in [0.717, 1.165) is 0 Å². The molecule has 0 radical (unpaired) electrons. The van der Waals surface area contributed by atoms with Gasteiger partial charge in [-0.15, -0.1) is 0 Å². The summed E-state index contributed by atoms with van der Waals surface area (Å²) in [5, 5.41) is 18.4. The summed E-state index contributed by atoms with van der Waals surface area (Å²) < 4.78 is 13.7. The van der Waals surface area contributed by atoms with Gasteiger partial charge in [-0.3, -0.25) is 9.32 Å². The van der Waals surface area contributed by atoms with Crippen LogP contribution in [0, 0.1) is 0 Å². The van der Waals surface area contributed by atoms with Crippen molar-refractivity contribution < 1.29 is 38.7 Å². The summed E-state index contributed by atoms with van der Waals surface area (Å²) in [5.74, 6) is -3.85. The quantitative estimate of drug-likeness (QED) is 0.319. The normalized spacial score (nSPS) is 13.8. The molecule has 0 aromatic rings. The number of phosphoric ester groups is 1. The Hall–Kier alpha value is -0.790. The first kappa shape index (κ1) is 12.2. The van der Waals surface area contributed by atoms with Gasteiger partial charge in [0.15, 0.2) is 0 Å². The Morgan fingerprint density at radius 1 is 1.46 bits per heavy atom. The maximum absolute atomic E-state index is 10.3. The molecule has 9 heteroatoms. The lowest BCUT2D eigenvalue weighted by Crippen LogP contribution is -2.41. The highest BCUT2D eigenvalue weighted by Gasteiger charge is 2.21. The van der Waals surface area contributed by atoms with Crippen molar-refractivity contribution in [1.82, 2.24) is 0 Å². The third kappa shape index (κ3) is 5.45. The molecular formula is C4H6O8P-. The number of aliphatic carboxylic acids is 1. The Morgan fingerprint density at radius 2 is 1.92 bits per heavy atom. The minimum Gasteiger partial charge on any atom is -0.542 e. The topological polar surface area (TPSA) is 144 Å². The van der Waals surface area contributed by atoms with Gasteiger partial charge in [0.05, 0.1) is 6.61 Å². The van der Waals surface area contributed by atoms with Crippen LogP contribution >= 0.6 is 7.82 Å². The number of aliphatic hydroxyl groups is 1. The minimum absolute atomic E-state index is 1.10. The van der Waals surface area contributed by atoms with Crippen LogP contribution in [0.5, 0.6) is 0 Å². The molecule has 0 aliphatic rings. The van der Waals surface area contributed by atoms with Crippen molar-refractivity contribution in [3.05, 3.63) is 0 Å². The number of phosphoric acid groups is 1. The average Bonchev–Trinajstić information content (AvgIpc) is 1.97. The second-order valence-corrected chi connectivity index (χ2v) is 3.19. The van der Waals surface area contributed by atoms with Crippen LogP contribution < -0.4 is 5.11 Å². The van der Waals surface area contributed by atoms with Crippen LogP contribution in [0.2, 0.25) is 0 Å². The summed E-state index contributed by atoms with van der Waals surface area (Å²) in [6.45, 7) is -1.10. The van der Waals surface area contributed by atoms with E-state index in [2.05, 4.69) is 4.52 Å². The van der Waals surface area contributed by atoms with Crippen molar-refractivity contribution in [2.45, 2.75) is 6.10 Å². The monoisotopic (exact) mass is 213 g/mol. The molecule has 0 aromatic carbocycles. The summed E-state index contributed by atoms with van der Waals surface area (Å²) in [4.78, 5) is 36.3. The second kappa shape index (κ2) is 4.45. The summed E-state index contributed by atoms with van der Waals surface area (Å²) in [5.41, 5.74) is 0. The molecular weight excluding hydrogens is 207 g/mol. The maximum Gasteiger partial charge on any atom is 0.469 e. The number of ketones is 1. The molecule has 8 nitrogen and oxygen atoms in total. The first-order valence-electron chi connectivity index (χ1n) is 2.87. The van der Waals surface area contributed by atoms with E-state index in [-0.39, 0.29) is 0 Å². The van der Waals surface area contributed by atoms with Crippen molar-refractivity contribution in [3.8, 4) is 0 Å². The van der Waals surface area contributed by atoms with Gasteiger partial charge in [-0.1, -0.05) is 0 Å². The van der Waals surface area contributed by atoms with Crippen molar-refractivity contribution in [2.75, 3.05) is 6.61 Å². The SMILES string of the molecule is O=C([O-])C(=O)[C@H](O)COP(=O)(O)O. The Labute approximate surface area is 72.0 Å². The number of carboxylic acid groups (broad SMARTS) is 1. The highest BCUT2D eigenvalue weighted by molar-refractivity contribution is 7.46. The van der Waals surface area contributed by atoms with Crippen LogP contribution in [0.1, 0.15) is 0 Å². The van der Waals surface area contributed by atoms with E-state index in [4.69, 9.17) is 14.9 Å². The Balaban J connectivity index is 4.03. The zero-order valence-corrected chi connectivity index (χ0v) is 7.01. The van der Waals surface area contributed by atoms with Crippen LogP contribution in [0.4, 0.5) is 0 Å². The molecule has 0 saturated carbocycles. The fourth-order valence-electron chi connectivity index (χ4n) is 0.379. The number of Topliss-reactive ketones (excluding diaryl/α,β-unsaturated/α-hetero) is 1. The molecule has 0 aliphatic carbocycles. The number of hydrogen-bond donors (Lipinski definition) is 3. The number of carbonyl (C=O) groups excluding carboxylic acids is 2. The first-order valence-corrected chi connectivity index (χ1v) is 4.40. The fourth-order valence-corrected chi connectivity index (χ4v) is 0.715. The molecule has 76 valence electrons. The first-order chi connectivity index (χ1) is 5.74. The molecule has 0 aliphatic heterocycles. The van der Waals surface area contributed by atoms with Crippen LogP contribution in [0.3, 0.4) is 0 Å². The molecule has 0 spiro atoms. The molecule has 0 heterocycles. The zero-order valence-electron chi connectivity index (χ0n) is 6.11. The number of carbonyl (C=O) groups is 2. The van der Waals surface area contributed by atoms with E-state index in [1.165, 1.54) is 0 Å². The van der Waals surface area contributed by atoms with Crippen molar-refractivity contribution in [3.63, 3.8) is 0 Å². The van der Waals surface area contributed by atoms with Gasteiger partial charge in [0.1, 0.15) is 12.1 Å². The third-order valence-electron chi connectivity index (χ3n) is 0.904. The van der Waals surface area contributed by atoms with Crippen LogP contribution in [-0.2, 0) is 18.7 Å². The molecule has 0 saturated heterocycles. The molecule has 13 heavy (non-hydrogen) atoms. The number of hydrogen-bond acceptors (Lipinski definition) is 6. The van der Waals surface area contributed by atoms with Crippen LogP contribution in [0.25, 0.3) is 0 Å². The summed E-state index contributed by atoms with van der Waals surface area (Å²) >= 11 is 0. The summed E-state index contributed by atoms with van der Waals surface area (Å²) in [6.07, 6.45) is -2.14. The molecule has 3 N–H and O–H groups in total. The smallest absolute Gasteiger partial charge is 0.469 e. The highest BCUT2D eigenvalue weighted by Crippen LogP contribution is 2.35. The van der Waals surface area contributed by atoms with E-state index >= 15 is 0 Å². The zero-order chi connectivity index (χ0) is 10.6. The lowest BCUT2D eigenvalue weighted by molar-refractivity contribution is -0.301. The summed E-state index contributed by atoms with van der Waals surface area (Å²) in [7, 11) is -4.82. The Bertz CT molecular complexity index is 253. The molecule has 0 rings (SSSR count). The van der Waals surface area contributed by atoms with Crippen molar-refractivity contribution >= 4 is 19.6 Å². The van der Waals surface area contributed by atoms with Gasteiger partial charge in [0.25, 0.3) is 0 Å². The molecule has 0 bridgehead atoms. The van der Waals surface area contributed by atoms with E-state index in [0.29, 0.717) is 0 Å². The van der Waals surface area contributed by atoms with Gasteiger partial charge in [-0.2, -0.15) is 0 Å². The standard InChI is InChI=1S/C4H7O8P/c5-2(3(6)4(7)8)1-12-13(9,10)11/h2,5H,1H2,(H,7,8)(H2,9,10,11)/p-1/t2-/m1/s1. The molecule has 0 amide bonds. The molecule has 1 atom stereocenters. The largest absolute Gasteiger partial charge is 0.542 e. The van der Waals surface area contributed by atoms with E-state index in [1.54, 1.807) is 0 Å². The van der Waals surface area contributed by atoms with Crippen LogP contribution in [-0.4, -0.2) is 39.4 Å². The number of carboxylic acids is 1. The second-order valence-electron chi connectivity index (χ2n) is 1.95. The van der Waals surface area contributed by atoms with Gasteiger partial charge < -0.3 is 24.8 Å². The lowest BCUT2D eigenvalue weighted by Gasteiger charge is -2.10. The van der Waals surface area contributed by atoms with E-state index in [1.807, 2.05) is 0 Å². The average molecular weight is 213 g/mol. The third-order valence-corrected chi connectivity index (χ3v) is 1.39. The molecule has 0 aromatic heterocycles. The van der Waals surface area contributed by atoms with Gasteiger partial charge in [0, 0.05) is 0 Å². The number of aliphatic hydroxyl groups excluding tert-OH is 1. The maximum atomic E-state index is 10.3. The van der Waals surface area contributed by atoms with E-state index in [9.17, 15) is 19.3 Å². The predicted molar refractivity (Wildman–Crippen MR) is 34.0 cm³/mol. The predicted octanol–water partition coefficient (Wildman–Crippen LogP) is -3.22. The minimum atomic E-state index is -4.82. The van der Waals surface area contributed by atoms with Gasteiger partial charge in [-0.05, 0) is 0 Å². The van der Waals surface area contributed by atoms with Gasteiger partial charge in [0.2, 0.25) is 5.78 Å². The highest BCUT2D eigenvalue weighted by atomic mass is 31.2. The van der Waals surface area contributed by atoms with E-state index < -0.39 is 32.3 Å². The fraction of sp³-hybridized carbons (Fsp3) is 0.500. The Morgan fingerprint density at radius 3 is 2.23 bits per heavy atom. The van der Waals surface area contributed by atoms with Crippen molar-refractivity contribution in [1.29, 1.82) is 0 Å². The van der Waals surface area contributed by atoms with Gasteiger partial charge in [-0.25, -0.2) is 4.57 Å². The van der Waals surface area contributed by atoms with Gasteiger partial charge >= 0.3 is 7.82 Å². The lowest BCUT2D eigenvalue weighted by atomic mass is 10.2. The number of rotatable bonds is 5. The molecule has 0 fully saturated rings. The Kier molecular flexibility index (Phi) is 4.18.